The zero-order valence-corrected chi connectivity index (χ0v) is 20.4. The van der Waals surface area contributed by atoms with Gasteiger partial charge in [-0.2, -0.15) is 0 Å². The van der Waals surface area contributed by atoms with Crippen LogP contribution in [0.15, 0.2) is 79.3 Å². The maximum atomic E-state index is 4.83. The predicted molar refractivity (Wildman–Crippen MR) is 123 cm³/mol. The van der Waals surface area contributed by atoms with E-state index < -0.39 is 0 Å². The van der Waals surface area contributed by atoms with E-state index in [2.05, 4.69) is 75.6 Å². The molecular formula is C25H22IrN6-2. The fourth-order valence-electron chi connectivity index (χ4n) is 3.95. The van der Waals surface area contributed by atoms with Gasteiger partial charge in [0.1, 0.15) is 0 Å². The first kappa shape index (κ1) is 21.9. The van der Waals surface area contributed by atoms with Crippen molar-refractivity contribution >= 4 is 16.7 Å². The van der Waals surface area contributed by atoms with Crippen molar-refractivity contribution in [3.8, 4) is 22.9 Å². The molecule has 5 aromatic rings. The number of aromatic nitrogens is 5. The van der Waals surface area contributed by atoms with Gasteiger partial charge in [-0.3, -0.25) is 9.97 Å². The molecule has 6 nitrogen and oxygen atoms in total. The van der Waals surface area contributed by atoms with Crippen LogP contribution in [0.5, 0.6) is 0 Å². The molecule has 0 amide bonds. The van der Waals surface area contributed by atoms with Gasteiger partial charge in [0.05, 0.1) is 28.2 Å². The van der Waals surface area contributed by atoms with E-state index in [9.17, 15) is 0 Å². The first-order valence-electron chi connectivity index (χ1n) is 10.2. The zero-order valence-electron chi connectivity index (χ0n) is 18.0. The number of para-hydroxylation sites is 2. The van der Waals surface area contributed by atoms with Gasteiger partial charge in [-0.1, -0.05) is 36.2 Å². The largest absolute Gasteiger partial charge is 0.441 e. The molecule has 163 valence electrons. The van der Waals surface area contributed by atoms with Gasteiger partial charge in [0.15, 0.2) is 0 Å². The van der Waals surface area contributed by atoms with Gasteiger partial charge in [0.25, 0.3) is 0 Å². The summed E-state index contributed by atoms with van der Waals surface area (Å²) in [5.74, 6) is 1.69. The molecule has 0 spiro atoms. The molecule has 3 aromatic heterocycles. The number of pyridine rings is 1. The number of anilines is 1. The Hall–Kier alpha value is -3.28. The van der Waals surface area contributed by atoms with Crippen molar-refractivity contribution in [1.82, 2.24) is 24.5 Å². The molecule has 2 aromatic carbocycles. The maximum absolute atomic E-state index is 4.83. The topological polar surface area (TPSA) is 60.9 Å². The number of imidazole rings is 2. The Bertz CT molecular complexity index is 1330. The van der Waals surface area contributed by atoms with Crippen LogP contribution in [0.2, 0.25) is 0 Å². The Morgan fingerprint density at radius 1 is 0.938 bits per heavy atom. The van der Waals surface area contributed by atoms with E-state index >= 15 is 0 Å². The van der Waals surface area contributed by atoms with Crippen molar-refractivity contribution in [2.45, 2.75) is 19.5 Å². The second-order valence-electron chi connectivity index (χ2n) is 7.84. The molecule has 1 radical (unpaired) electrons. The standard InChI is InChI=1S/C17H16N3.C8H6N3.Ir/c1-17(2)19(3)14-10-6-4-8-12(14)16-18-13-9-5-7-11-15(13)20(16)17;1-2-4-9-7(3-1)8-10-5-6-11-8;/h4-7,9-11H,1-3H3;1-6H;/q2*-1;. The van der Waals surface area contributed by atoms with Crippen LogP contribution in [-0.2, 0) is 25.8 Å². The molecular weight excluding hydrogens is 577 g/mol. The Morgan fingerprint density at radius 2 is 1.75 bits per heavy atom. The minimum absolute atomic E-state index is 0. The number of benzene rings is 2. The van der Waals surface area contributed by atoms with E-state index in [1.165, 1.54) is 11.2 Å². The van der Waals surface area contributed by atoms with Crippen LogP contribution in [0.4, 0.5) is 5.69 Å². The zero-order chi connectivity index (χ0) is 21.4. The molecule has 1 aliphatic rings. The predicted octanol–water partition coefficient (Wildman–Crippen LogP) is 4.74. The van der Waals surface area contributed by atoms with E-state index in [1.807, 2.05) is 36.4 Å². The van der Waals surface area contributed by atoms with Gasteiger partial charge in [-0.15, -0.1) is 24.3 Å². The number of fused-ring (bicyclic) bond motifs is 5. The molecule has 4 heterocycles. The van der Waals surface area contributed by atoms with Crippen molar-refractivity contribution in [3.05, 3.63) is 85.3 Å². The van der Waals surface area contributed by atoms with Crippen molar-refractivity contribution in [2.75, 3.05) is 11.9 Å². The average molecular weight is 599 g/mol. The summed E-state index contributed by atoms with van der Waals surface area (Å²) in [4.78, 5) is 19.2. The number of rotatable bonds is 1. The Balaban J connectivity index is 0.000000174. The molecule has 0 saturated carbocycles. The van der Waals surface area contributed by atoms with Crippen LogP contribution in [0.1, 0.15) is 13.8 Å². The fraction of sp³-hybridized carbons (Fsp3) is 0.160. The first-order valence-corrected chi connectivity index (χ1v) is 10.2. The maximum Gasteiger partial charge on any atom is 0.0966 e. The Kier molecular flexibility index (Phi) is 5.96. The average Bonchev–Trinajstić information content (AvgIpc) is 3.47. The van der Waals surface area contributed by atoms with Gasteiger partial charge in [-0.25, -0.2) is 0 Å². The molecule has 0 aliphatic carbocycles. The quantitative estimate of drug-likeness (QED) is 0.261. The van der Waals surface area contributed by atoms with Crippen LogP contribution in [0, 0.1) is 6.07 Å². The monoisotopic (exact) mass is 599 g/mol. The summed E-state index contributed by atoms with van der Waals surface area (Å²) < 4.78 is 2.31. The summed E-state index contributed by atoms with van der Waals surface area (Å²) in [6.07, 6.45) is 5.04. The molecule has 32 heavy (non-hydrogen) atoms. The molecule has 7 heteroatoms. The van der Waals surface area contributed by atoms with Gasteiger partial charge in [0.2, 0.25) is 0 Å². The van der Waals surface area contributed by atoms with E-state index in [1.54, 1.807) is 18.6 Å². The minimum Gasteiger partial charge on any atom is -0.441 e. The van der Waals surface area contributed by atoms with Gasteiger partial charge >= 0.3 is 0 Å². The van der Waals surface area contributed by atoms with Gasteiger partial charge in [0, 0.05) is 26.3 Å². The summed E-state index contributed by atoms with van der Waals surface area (Å²) in [5.41, 5.74) is 5.12. The third-order valence-corrected chi connectivity index (χ3v) is 5.70. The molecule has 6 rings (SSSR count). The van der Waals surface area contributed by atoms with E-state index in [4.69, 9.17) is 4.98 Å². The Morgan fingerprint density at radius 3 is 2.50 bits per heavy atom. The van der Waals surface area contributed by atoms with Crippen molar-refractivity contribution < 1.29 is 20.1 Å². The van der Waals surface area contributed by atoms with Crippen LogP contribution >= 0.6 is 0 Å². The van der Waals surface area contributed by atoms with Gasteiger partial charge in [-0.05, 0) is 56.7 Å². The van der Waals surface area contributed by atoms with Crippen molar-refractivity contribution in [1.29, 1.82) is 0 Å². The first-order chi connectivity index (χ1) is 15.1. The van der Waals surface area contributed by atoms with Crippen molar-refractivity contribution in [3.63, 3.8) is 0 Å². The van der Waals surface area contributed by atoms with Crippen LogP contribution in [0.3, 0.4) is 0 Å². The molecule has 0 bridgehead atoms. The summed E-state index contributed by atoms with van der Waals surface area (Å²) >= 11 is 0. The normalized spacial score (nSPS) is 13.4. The molecule has 0 N–H and O–H groups in total. The number of hydrogen-bond donors (Lipinski definition) is 0. The third-order valence-electron chi connectivity index (χ3n) is 5.70. The van der Waals surface area contributed by atoms with Crippen molar-refractivity contribution in [2.24, 2.45) is 0 Å². The van der Waals surface area contributed by atoms with E-state index in [-0.39, 0.29) is 25.8 Å². The third kappa shape index (κ3) is 3.64. The SMILES string of the molecule is CN1c2ccc[c-]c2-c2nc3ccccc3n2C1(C)C.[Ir].c1ccc(-c2ncc[n-]2)nc1. The van der Waals surface area contributed by atoms with Crippen LogP contribution in [-0.4, -0.2) is 26.6 Å². The van der Waals surface area contributed by atoms with Crippen LogP contribution < -0.4 is 9.88 Å². The van der Waals surface area contributed by atoms with Gasteiger partial charge < -0.3 is 19.4 Å². The summed E-state index contributed by atoms with van der Waals surface area (Å²) in [5, 5.41) is 0. The second kappa shape index (κ2) is 8.69. The number of hydrogen-bond acceptors (Lipinski definition) is 4. The molecule has 1 aliphatic heterocycles. The molecule has 0 unspecified atom stereocenters. The van der Waals surface area contributed by atoms with Crippen LogP contribution in [0.25, 0.3) is 33.9 Å². The van der Waals surface area contributed by atoms with E-state index in [0.717, 1.165) is 22.6 Å². The molecule has 0 saturated heterocycles. The second-order valence-corrected chi connectivity index (χ2v) is 7.84. The minimum atomic E-state index is -0.159. The summed E-state index contributed by atoms with van der Waals surface area (Å²) in [6.45, 7) is 4.45. The fourth-order valence-corrected chi connectivity index (χ4v) is 3.95. The molecule has 0 fully saturated rings. The molecule has 0 atom stereocenters. The Labute approximate surface area is 200 Å². The smallest absolute Gasteiger partial charge is 0.0966 e. The van der Waals surface area contributed by atoms with E-state index in [0.29, 0.717) is 5.82 Å². The summed E-state index contributed by atoms with van der Waals surface area (Å²) in [7, 11) is 2.13. The summed E-state index contributed by atoms with van der Waals surface area (Å²) in [6, 6.07) is 23.4. The number of nitrogens with zero attached hydrogens (tertiary/aromatic N) is 6.